The lowest BCUT2D eigenvalue weighted by molar-refractivity contribution is -0.114. The summed E-state index contributed by atoms with van der Waals surface area (Å²) >= 11 is 6.12. The van der Waals surface area contributed by atoms with Gasteiger partial charge in [0.25, 0.3) is 11.8 Å². The average molecular weight is 360 g/mol. The van der Waals surface area contributed by atoms with E-state index in [9.17, 15) is 14.4 Å². The van der Waals surface area contributed by atoms with Crippen LogP contribution in [0.2, 0.25) is 5.02 Å². The van der Waals surface area contributed by atoms with Crippen LogP contribution in [0, 0.1) is 0 Å². The Bertz CT molecular complexity index is 834. The molecule has 7 heteroatoms. The van der Waals surface area contributed by atoms with Gasteiger partial charge >= 0.3 is 0 Å². The first-order chi connectivity index (χ1) is 11.8. The predicted molar refractivity (Wildman–Crippen MR) is 98.2 cm³/mol. The van der Waals surface area contributed by atoms with Gasteiger partial charge in [0.15, 0.2) is 0 Å². The van der Waals surface area contributed by atoms with E-state index in [1.807, 2.05) is 0 Å². The number of amides is 3. The number of anilines is 2. The highest BCUT2D eigenvalue weighted by Gasteiger charge is 2.14. The molecule has 2 aromatic carbocycles. The van der Waals surface area contributed by atoms with Crippen molar-refractivity contribution in [2.75, 3.05) is 24.7 Å². The number of nitrogens with zero attached hydrogens (tertiary/aromatic N) is 1. The molecular weight excluding hydrogens is 342 g/mol. The molecule has 0 bridgehead atoms. The molecule has 2 aromatic rings. The third-order valence-electron chi connectivity index (χ3n) is 3.31. The first-order valence-corrected chi connectivity index (χ1v) is 7.86. The fourth-order valence-electron chi connectivity index (χ4n) is 2.15. The molecule has 0 saturated heterocycles. The van der Waals surface area contributed by atoms with Crippen LogP contribution in [-0.4, -0.2) is 36.7 Å². The second-order valence-electron chi connectivity index (χ2n) is 5.61. The summed E-state index contributed by atoms with van der Waals surface area (Å²) in [5.41, 5.74) is 1.62. The molecule has 2 N–H and O–H groups in total. The van der Waals surface area contributed by atoms with Crippen molar-refractivity contribution in [2.45, 2.75) is 6.92 Å². The van der Waals surface area contributed by atoms with Crippen LogP contribution >= 0.6 is 11.6 Å². The first-order valence-electron chi connectivity index (χ1n) is 7.48. The number of hydrogen-bond donors (Lipinski definition) is 2. The summed E-state index contributed by atoms with van der Waals surface area (Å²) in [5.74, 6) is -0.820. The summed E-state index contributed by atoms with van der Waals surface area (Å²) in [4.78, 5) is 37.0. The lowest BCUT2D eigenvalue weighted by atomic mass is 10.1. The van der Waals surface area contributed by atoms with E-state index in [4.69, 9.17) is 11.6 Å². The van der Waals surface area contributed by atoms with Crippen molar-refractivity contribution in [1.82, 2.24) is 4.90 Å². The van der Waals surface area contributed by atoms with Gasteiger partial charge in [-0.05, 0) is 36.4 Å². The predicted octanol–water partition coefficient (Wildman–Crippen LogP) is 3.25. The van der Waals surface area contributed by atoms with Crippen LogP contribution in [0.1, 0.15) is 27.6 Å². The SMILES string of the molecule is CC(=O)Nc1cccc(C(=O)Nc2cc(C(=O)N(C)C)ccc2Cl)c1. The molecule has 0 aromatic heterocycles. The Morgan fingerprint density at radius 2 is 1.68 bits per heavy atom. The summed E-state index contributed by atoms with van der Waals surface area (Å²) in [6.07, 6.45) is 0. The molecule has 0 aliphatic carbocycles. The maximum Gasteiger partial charge on any atom is 0.255 e. The number of rotatable bonds is 4. The van der Waals surface area contributed by atoms with Crippen LogP contribution in [0.15, 0.2) is 42.5 Å². The number of carbonyl (C=O) groups excluding carboxylic acids is 3. The Balaban J connectivity index is 2.24. The molecule has 0 saturated carbocycles. The summed E-state index contributed by atoms with van der Waals surface area (Å²) in [7, 11) is 3.28. The Kier molecular flexibility index (Phi) is 5.77. The summed E-state index contributed by atoms with van der Waals surface area (Å²) in [6.45, 7) is 1.39. The van der Waals surface area contributed by atoms with Crippen molar-refractivity contribution in [3.8, 4) is 0 Å². The van der Waals surface area contributed by atoms with Gasteiger partial charge in [-0.15, -0.1) is 0 Å². The normalized spacial score (nSPS) is 10.1. The highest BCUT2D eigenvalue weighted by atomic mass is 35.5. The fourth-order valence-corrected chi connectivity index (χ4v) is 2.31. The average Bonchev–Trinajstić information content (AvgIpc) is 2.55. The molecule has 130 valence electrons. The number of carbonyl (C=O) groups is 3. The van der Waals surface area contributed by atoms with Gasteiger partial charge in [0, 0.05) is 37.8 Å². The molecular formula is C18H18ClN3O3. The highest BCUT2D eigenvalue weighted by Crippen LogP contribution is 2.24. The van der Waals surface area contributed by atoms with Gasteiger partial charge in [-0.3, -0.25) is 14.4 Å². The quantitative estimate of drug-likeness (QED) is 0.879. The van der Waals surface area contributed by atoms with Crippen molar-refractivity contribution < 1.29 is 14.4 Å². The molecule has 0 radical (unpaired) electrons. The van der Waals surface area contributed by atoms with Gasteiger partial charge in [-0.1, -0.05) is 17.7 Å². The van der Waals surface area contributed by atoms with Crippen LogP contribution in [0.5, 0.6) is 0 Å². The van der Waals surface area contributed by atoms with Crippen molar-refractivity contribution in [2.24, 2.45) is 0 Å². The number of halogens is 1. The fraction of sp³-hybridized carbons (Fsp3) is 0.167. The van der Waals surface area contributed by atoms with E-state index in [1.165, 1.54) is 17.9 Å². The van der Waals surface area contributed by atoms with E-state index in [1.54, 1.807) is 50.5 Å². The maximum absolute atomic E-state index is 12.4. The van der Waals surface area contributed by atoms with Crippen LogP contribution in [0.25, 0.3) is 0 Å². The summed E-state index contributed by atoms with van der Waals surface area (Å²) in [5, 5.41) is 5.62. The number of benzene rings is 2. The zero-order chi connectivity index (χ0) is 18.6. The van der Waals surface area contributed by atoms with Gasteiger partial charge in [0.2, 0.25) is 5.91 Å². The molecule has 6 nitrogen and oxygen atoms in total. The zero-order valence-corrected chi connectivity index (χ0v) is 14.8. The van der Waals surface area contributed by atoms with Gasteiger partial charge in [-0.2, -0.15) is 0 Å². The summed E-state index contributed by atoms with van der Waals surface area (Å²) in [6, 6.07) is 11.2. The minimum Gasteiger partial charge on any atom is -0.345 e. The molecule has 0 unspecified atom stereocenters. The topological polar surface area (TPSA) is 78.5 Å². The van der Waals surface area contributed by atoms with Crippen LogP contribution in [-0.2, 0) is 4.79 Å². The number of nitrogens with one attached hydrogen (secondary N) is 2. The van der Waals surface area contributed by atoms with E-state index in [-0.39, 0.29) is 11.8 Å². The van der Waals surface area contributed by atoms with Crippen LogP contribution in [0.4, 0.5) is 11.4 Å². The lowest BCUT2D eigenvalue weighted by Crippen LogP contribution is -2.22. The van der Waals surface area contributed by atoms with E-state index < -0.39 is 5.91 Å². The van der Waals surface area contributed by atoms with Crippen molar-refractivity contribution >= 4 is 40.7 Å². The molecule has 2 rings (SSSR count). The van der Waals surface area contributed by atoms with Gasteiger partial charge in [0.1, 0.15) is 0 Å². The number of hydrogen-bond acceptors (Lipinski definition) is 3. The van der Waals surface area contributed by atoms with Gasteiger partial charge < -0.3 is 15.5 Å². The van der Waals surface area contributed by atoms with Crippen LogP contribution < -0.4 is 10.6 Å². The summed E-state index contributed by atoms with van der Waals surface area (Å²) < 4.78 is 0. The minimum absolute atomic E-state index is 0.195. The second-order valence-corrected chi connectivity index (χ2v) is 6.02. The third-order valence-corrected chi connectivity index (χ3v) is 3.64. The van der Waals surface area contributed by atoms with Crippen molar-refractivity contribution in [3.63, 3.8) is 0 Å². The Morgan fingerprint density at radius 1 is 0.960 bits per heavy atom. The second kappa shape index (κ2) is 7.81. The van der Waals surface area contributed by atoms with Gasteiger partial charge in [0.05, 0.1) is 10.7 Å². The minimum atomic E-state index is -0.399. The van der Waals surface area contributed by atoms with Crippen LogP contribution in [0.3, 0.4) is 0 Å². The molecule has 3 amide bonds. The molecule has 0 fully saturated rings. The largest absolute Gasteiger partial charge is 0.345 e. The molecule has 0 spiro atoms. The lowest BCUT2D eigenvalue weighted by Gasteiger charge is -2.13. The van der Waals surface area contributed by atoms with Crippen molar-refractivity contribution in [3.05, 3.63) is 58.6 Å². The Hall–Kier alpha value is -2.86. The molecule has 25 heavy (non-hydrogen) atoms. The molecule has 0 atom stereocenters. The molecule has 0 aliphatic heterocycles. The highest BCUT2D eigenvalue weighted by molar-refractivity contribution is 6.34. The van der Waals surface area contributed by atoms with E-state index in [0.717, 1.165) is 0 Å². The smallest absolute Gasteiger partial charge is 0.255 e. The molecule has 0 aliphatic rings. The Morgan fingerprint density at radius 3 is 2.32 bits per heavy atom. The third kappa shape index (κ3) is 4.81. The van der Waals surface area contributed by atoms with Crippen molar-refractivity contribution in [1.29, 1.82) is 0 Å². The Labute approximate surface area is 150 Å². The van der Waals surface area contributed by atoms with E-state index in [0.29, 0.717) is 27.5 Å². The first kappa shape index (κ1) is 18.5. The van der Waals surface area contributed by atoms with E-state index >= 15 is 0 Å². The monoisotopic (exact) mass is 359 g/mol. The maximum atomic E-state index is 12.4. The molecule has 0 heterocycles. The van der Waals surface area contributed by atoms with E-state index in [2.05, 4.69) is 10.6 Å². The standard InChI is InChI=1S/C18H18ClN3O3/c1-11(23)20-14-6-4-5-12(9-14)17(24)21-16-10-13(7-8-15(16)19)18(25)22(2)3/h4-10H,1-3H3,(H,20,23)(H,21,24). The van der Waals surface area contributed by atoms with Gasteiger partial charge in [-0.25, -0.2) is 0 Å². The zero-order valence-electron chi connectivity index (χ0n) is 14.1.